The molecule has 0 spiro atoms. The van der Waals surface area contributed by atoms with Crippen LogP contribution in [0.25, 0.3) is 10.8 Å². The normalized spacial score (nSPS) is 16.0. The van der Waals surface area contributed by atoms with Gasteiger partial charge in [-0.3, -0.25) is 9.78 Å². The van der Waals surface area contributed by atoms with Gasteiger partial charge < -0.3 is 4.98 Å². The molecule has 1 fully saturated rings. The molecule has 0 saturated heterocycles. The van der Waals surface area contributed by atoms with Crippen LogP contribution in [0.2, 0.25) is 0 Å². The van der Waals surface area contributed by atoms with Gasteiger partial charge in [0.2, 0.25) is 0 Å². The summed E-state index contributed by atoms with van der Waals surface area (Å²) in [7, 11) is 0. The Morgan fingerprint density at radius 2 is 2.29 bits per heavy atom. The SMILES string of the molecule is O=c1[nH]ccc2cc(C3CC3)ncc12. The van der Waals surface area contributed by atoms with Gasteiger partial charge in [0.25, 0.3) is 5.56 Å². The van der Waals surface area contributed by atoms with Crippen molar-refractivity contribution < 1.29 is 0 Å². The number of H-pyrrole nitrogens is 1. The van der Waals surface area contributed by atoms with Gasteiger partial charge in [0.15, 0.2) is 0 Å². The van der Waals surface area contributed by atoms with Crippen molar-refractivity contribution in [3.05, 3.63) is 40.6 Å². The molecule has 1 aliphatic rings. The van der Waals surface area contributed by atoms with Gasteiger partial charge in [-0.2, -0.15) is 0 Å². The predicted molar refractivity (Wildman–Crippen MR) is 54.3 cm³/mol. The molecule has 0 aromatic carbocycles. The summed E-state index contributed by atoms with van der Waals surface area (Å²) in [5.41, 5.74) is 1.07. The largest absolute Gasteiger partial charge is 0.329 e. The van der Waals surface area contributed by atoms with Crippen LogP contribution in [0.3, 0.4) is 0 Å². The van der Waals surface area contributed by atoms with Crippen molar-refractivity contribution in [2.24, 2.45) is 0 Å². The second kappa shape index (κ2) is 2.67. The molecule has 70 valence electrons. The van der Waals surface area contributed by atoms with Crippen LogP contribution >= 0.6 is 0 Å². The molecule has 1 N–H and O–H groups in total. The first-order valence-corrected chi connectivity index (χ1v) is 4.82. The Morgan fingerprint density at radius 1 is 1.43 bits per heavy atom. The lowest BCUT2D eigenvalue weighted by Gasteiger charge is -1.99. The number of fused-ring (bicyclic) bond motifs is 1. The van der Waals surface area contributed by atoms with Gasteiger partial charge in [-0.25, -0.2) is 0 Å². The Balaban J connectivity index is 2.28. The third-order valence-corrected chi connectivity index (χ3v) is 2.67. The second-order valence-electron chi connectivity index (χ2n) is 3.78. The number of nitrogens with zero attached hydrogens (tertiary/aromatic N) is 1. The van der Waals surface area contributed by atoms with E-state index in [9.17, 15) is 4.79 Å². The number of hydrogen-bond donors (Lipinski definition) is 1. The first kappa shape index (κ1) is 7.74. The monoisotopic (exact) mass is 186 g/mol. The maximum atomic E-state index is 11.4. The molecule has 1 aliphatic carbocycles. The molecule has 14 heavy (non-hydrogen) atoms. The summed E-state index contributed by atoms with van der Waals surface area (Å²) < 4.78 is 0. The van der Waals surface area contributed by atoms with E-state index < -0.39 is 0 Å². The number of aromatic amines is 1. The highest BCUT2D eigenvalue weighted by Gasteiger charge is 2.24. The highest BCUT2D eigenvalue weighted by molar-refractivity contribution is 5.80. The average molecular weight is 186 g/mol. The average Bonchev–Trinajstić information content (AvgIpc) is 3.01. The summed E-state index contributed by atoms with van der Waals surface area (Å²) >= 11 is 0. The highest BCUT2D eigenvalue weighted by Crippen LogP contribution is 2.39. The van der Waals surface area contributed by atoms with E-state index in [2.05, 4.69) is 9.97 Å². The fraction of sp³-hybridized carbons (Fsp3) is 0.273. The van der Waals surface area contributed by atoms with Gasteiger partial charge in [0, 0.05) is 24.0 Å². The molecule has 3 heteroatoms. The molecule has 0 radical (unpaired) electrons. The number of rotatable bonds is 1. The molecule has 2 heterocycles. The fourth-order valence-electron chi connectivity index (χ4n) is 1.70. The van der Waals surface area contributed by atoms with Crippen LogP contribution in [0.15, 0.2) is 29.3 Å². The minimum absolute atomic E-state index is 0.0580. The Labute approximate surface area is 80.8 Å². The third-order valence-electron chi connectivity index (χ3n) is 2.67. The van der Waals surface area contributed by atoms with Crippen LogP contribution < -0.4 is 5.56 Å². The molecular formula is C11H10N2O. The molecule has 2 aromatic rings. The Hall–Kier alpha value is -1.64. The van der Waals surface area contributed by atoms with Crippen LogP contribution in [-0.2, 0) is 0 Å². The van der Waals surface area contributed by atoms with Crippen molar-refractivity contribution >= 4 is 10.8 Å². The van der Waals surface area contributed by atoms with Crippen molar-refractivity contribution in [1.82, 2.24) is 9.97 Å². The second-order valence-corrected chi connectivity index (χ2v) is 3.78. The number of aromatic nitrogens is 2. The van der Waals surface area contributed by atoms with E-state index in [-0.39, 0.29) is 5.56 Å². The van der Waals surface area contributed by atoms with Crippen LogP contribution in [0.5, 0.6) is 0 Å². The Kier molecular flexibility index (Phi) is 1.48. The van der Waals surface area contributed by atoms with Gasteiger partial charge in [-0.05, 0) is 30.4 Å². The van der Waals surface area contributed by atoms with Gasteiger partial charge >= 0.3 is 0 Å². The summed E-state index contributed by atoms with van der Waals surface area (Å²) in [4.78, 5) is 18.3. The summed E-state index contributed by atoms with van der Waals surface area (Å²) in [5, 5.41) is 1.67. The first-order chi connectivity index (χ1) is 6.84. The third kappa shape index (κ3) is 1.13. The van der Waals surface area contributed by atoms with E-state index in [0.29, 0.717) is 11.3 Å². The lowest BCUT2D eigenvalue weighted by atomic mass is 10.1. The zero-order chi connectivity index (χ0) is 9.54. The Morgan fingerprint density at radius 3 is 3.07 bits per heavy atom. The van der Waals surface area contributed by atoms with Crippen molar-refractivity contribution in [2.45, 2.75) is 18.8 Å². The molecule has 0 bridgehead atoms. The molecular weight excluding hydrogens is 176 g/mol. The van der Waals surface area contributed by atoms with E-state index in [4.69, 9.17) is 0 Å². The van der Waals surface area contributed by atoms with E-state index in [1.165, 1.54) is 12.8 Å². The number of pyridine rings is 2. The van der Waals surface area contributed by atoms with E-state index in [1.807, 2.05) is 12.1 Å². The Bertz CT molecular complexity index is 540. The molecule has 0 unspecified atom stereocenters. The molecule has 2 aromatic heterocycles. The maximum Gasteiger partial charge on any atom is 0.257 e. The predicted octanol–water partition coefficient (Wildman–Crippen LogP) is 1.80. The molecule has 1 saturated carbocycles. The summed E-state index contributed by atoms with van der Waals surface area (Å²) in [5.74, 6) is 0.638. The molecule has 0 atom stereocenters. The molecule has 0 amide bonds. The van der Waals surface area contributed by atoms with E-state index >= 15 is 0 Å². The van der Waals surface area contributed by atoms with Crippen molar-refractivity contribution in [1.29, 1.82) is 0 Å². The lowest BCUT2D eigenvalue weighted by molar-refractivity contribution is 1.03. The van der Waals surface area contributed by atoms with Gasteiger partial charge in [-0.15, -0.1) is 0 Å². The van der Waals surface area contributed by atoms with Crippen molar-refractivity contribution in [3.8, 4) is 0 Å². The van der Waals surface area contributed by atoms with Gasteiger partial charge in [0.1, 0.15) is 0 Å². The topological polar surface area (TPSA) is 45.8 Å². The summed E-state index contributed by atoms with van der Waals surface area (Å²) in [6.45, 7) is 0. The highest BCUT2D eigenvalue weighted by atomic mass is 16.1. The van der Waals surface area contributed by atoms with Crippen molar-refractivity contribution in [2.75, 3.05) is 0 Å². The van der Waals surface area contributed by atoms with Gasteiger partial charge in [-0.1, -0.05) is 0 Å². The van der Waals surface area contributed by atoms with Crippen LogP contribution in [-0.4, -0.2) is 9.97 Å². The maximum absolute atomic E-state index is 11.4. The standard InChI is InChI=1S/C11H10N2O/c14-11-9-6-13-10(7-1-2-7)5-8(9)3-4-12-11/h3-7H,1-2H2,(H,12,14). The molecule has 0 aliphatic heterocycles. The van der Waals surface area contributed by atoms with Crippen LogP contribution in [0.1, 0.15) is 24.5 Å². The summed E-state index contributed by atoms with van der Waals surface area (Å²) in [6.07, 6.45) is 5.84. The quantitative estimate of drug-likeness (QED) is 0.738. The summed E-state index contributed by atoms with van der Waals surface area (Å²) in [6, 6.07) is 3.95. The zero-order valence-corrected chi connectivity index (χ0v) is 7.66. The zero-order valence-electron chi connectivity index (χ0n) is 7.66. The van der Waals surface area contributed by atoms with Gasteiger partial charge in [0.05, 0.1) is 5.39 Å². The smallest absolute Gasteiger partial charge is 0.257 e. The van der Waals surface area contributed by atoms with Crippen molar-refractivity contribution in [3.63, 3.8) is 0 Å². The van der Waals surface area contributed by atoms with E-state index in [0.717, 1.165) is 11.1 Å². The minimum Gasteiger partial charge on any atom is -0.329 e. The van der Waals surface area contributed by atoms with Crippen LogP contribution in [0, 0.1) is 0 Å². The molecule has 3 rings (SSSR count). The number of hydrogen-bond acceptors (Lipinski definition) is 2. The van der Waals surface area contributed by atoms with Crippen LogP contribution in [0.4, 0.5) is 0 Å². The van der Waals surface area contributed by atoms with E-state index in [1.54, 1.807) is 12.4 Å². The lowest BCUT2D eigenvalue weighted by Crippen LogP contribution is -2.05. The minimum atomic E-state index is -0.0580. The fourth-order valence-corrected chi connectivity index (χ4v) is 1.70. The first-order valence-electron chi connectivity index (χ1n) is 4.82. The number of nitrogens with one attached hydrogen (secondary N) is 1. The molecule has 3 nitrogen and oxygen atoms in total.